The average Bonchev–Trinajstić information content (AvgIpc) is 2.52. The maximum absolute atomic E-state index is 11.8. The highest BCUT2D eigenvalue weighted by atomic mass is 16.3. The molecular weight excluding hydrogens is 276 g/mol. The van der Waals surface area contributed by atoms with Gasteiger partial charge in [0.2, 0.25) is 5.43 Å². The molecule has 2 rings (SSSR count). The number of hydrogen-bond acceptors (Lipinski definition) is 3. The summed E-state index contributed by atoms with van der Waals surface area (Å²) in [5.41, 5.74) is 0.651. The lowest BCUT2D eigenvalue weighted by Gasteiger charge is -2.29. The Labute approximate surface area is 132 Å². The van der Waals surface area contributed by atoms with Crippen molar-refractivity contribution in [1.29, 1.82) is 0 Å². The Balaban J connectivity index is 2.30. The Bertz CT molecular complexity index is 561. The molecule has 4 nitrogen and oxygen atoms in total. The van der Waals surface area contributed by atoms with Crippen LogP contribution in [-0.4, -0.2) is 27.7 Å². The summed E-state index contributed by atoms with van der Waals surface area (Å²) >= 11 is 0. The molecule has 4 heteroatoms. The third kappa shape index (κ3) is 4.10. The lowest BCUT2D eigenvalue weighted by Crippen LogP contribution is -2.28. The fraction of sp³-hybridized carbons (Fsp3) is 0.500. The highest BCUT2D eigenvalue weighted by Crippen LogP contribution is 2.29. The second-order valence-electron chi connectivity index (χ2n) is 5.98. The normalized spacial score (nSPS) is 15.9. The van der Waals surface area contributed by atoms with E-state index in [0.29, 0.717) is 12.6 Å². The van der Waals surface area contributed by atoms with E-state index in [-0.39, 0.29) is 11.2 Å². The Hall–Kier alpha value is -1.81. The molecule has 22 heavy (non-hydrogen) atoms. The van der Waals surface area contributed by atoms with E-state index in [0.717, 1.165) is 31.6 Å². The van der Waals surface area contributed by atoms with Gasteiger partial charge in [0.05, 0.1) is 6.20 Å². The molecule has 0 aromatic carbocycles. The zero-order valence-electron chi connectivity index (χ0n) is 13.2. The predicted octanol–water partition coefficient (Wildman–Crippen LogP) is 3.23. The summed E-state index contributed by atoms with van der Waals surface area (Å²) in [4.78, 5) is 14.0. The minimum atomic E-state index is -0.306. The number of aromatic nitrogens is 1. The second-order valence-corrected chi connectivity index (χ2v) is 5.98. The molecule has 0 aliphatic heterocycles. The number of pyridine rings is 1. The van der Waals surface area contributed by atoms with Gasteiger partial charge in [-0.05, 0) is 12.8 Å². The third-order valence-corrected chi connectivity index (χ3v) is 4.27. The van der Waals surface area contributed by atoms with Crippen LogP contribution in [0, 0.1) is 0 Å². The molecule has 0 atom stereocenters. The van der Waals surface area contributed by atoms with Crippen molar-refractivity contribution in [2.75, 3.05) is 13.1 Å². The molecule has 1 aliphatic rings. The van der Waals surface area contributed by atoms with Crippen LogP contribution in [0.1, 0.15) is 43.8 Å². The third-order valence-electron chi connectivity index (χ3n) is 4.27. The van der Waals surface area contributed by atoms with Gasteiger partial charge in [-0.1, -0.05) is 31.4 Å². The molecule has 0 unspecified atom stereocenters. The Morgan fingerprint density at radius 3 is 2.45 bits per heavy atom. The molecule has 1 heterocycles. The van der Waals surface area contributed by atoms with Crippen molar-refractivity contribution < 1.29 is 5.11 Å². The number of nitrogens with zero attached hydrogens (tertiary/aromatic N) is 2. The van der Waals surface area contributed by atoms with Gasteiger partial charge in [-0.25, -0.2) is 0 Å². The van der Waals surface area contributed by atoms with Gasteiger partial charge in [-0.15, -0.1) is 13.2 Å². The molecule has 0 saturated heterocycles. The molecule has 1 aliphatic carbocycles. The van der Waals surface area contributed by atoms with E-state index in [1.165, 1.54) is 19.3 Å². The van der Waals surface area contributed by atoms with Crippen molar-refractivity contribution in [3.8, 4) is 5.75 Å². The maximum Gasteiger partial charge on any atom is 0.223 e. The Morgan fingerprint density at radius 2 is 1.86 bits per heavy atom. The van der Waals surface area contributed by atoms with E-state index >= 15 is 0 Å². The first-order valence-electron chi connectivity index (χ1n) is 8.04. The molecule has 120 valence electrons. The SMILES string of the molecule is C=CCN(CC=C)Cc1cc(=O)c(O)cn1C1CCCCC1. The minimum Gasteiger partial charge on any atom is -0.503 e. The smallest absolute Gasteiger partial charge is 0.223 e. The van der Waals surface area contributed by atoms with Gasteiger partial charge in [0, 0.05) is 37.4 Å². The van der Waals surface area contributed by atoms with Crippen molar-refractivity contribution in [1.82, 2.24) is 9.47 Å². The molecule has 1 aromatic heterocycles. The fourth-order valence-electron chi connectivity index (χ4n) is 3.20. The van der Waals surface area contributed by atoms with Crippen LogP contribution in [0.4, 0.5) is 0 Å². The van der Waals surface area contributed by atoms with E-state index < -0.39 is 0 Å². The monoisotopic (exact) mass is 302 g/mol. The molecule has 0 bridgehead atoms. The predicted molar refractivity (Wildman–Crippen MR) is 90.2 cm³/mol. The summed E-state index contributed by atoms with van der Waals surface area (Å²) in [7, 11) is 0. The summed E-state index contributed by atoms with van der Waals surface area (Å²) in [6, 6.07) is 1.95. The minimum absolute atomic E-state index is 0.159. The zero-order valence-corrected chi connectivity index (χ0v) is 13.2. The first kappa shape index (κ1) is 16.6. The van der Waals surface area contributed by atoms with Gasteiger partial charge in [-0.3, -0.25) is 9.69 Å². The summed E-state index contributed by atoms with van der Waals surface area (Å²) < 4.78 is 2.11. The lowest BCUT2D eigenvalue weighted by atomic mass is 9.95. The molecular formula is C18H26N2O2. The van der Waals surface area contributed by atoms with Crippen molar-refractivity contribution in [3.05, 3.63) is 53.5 Å². The van der Waals surface area contributed by atoms with Gasteiger partial charge in [0.25, 0.3) is 0 Å². The van der Waals surface area contributed by atoms with E-state index in [1.807, 2.05) is 12.2 Å². The highest BCUT2D eigenvalue weighted by molar-refractivity contribution is 5.21. The summed E-state index contributed by atoms with van der Waals surface area (Å²) in [5.74, 6) is -0.159. The number of aromatic hydroxyl groups is 1. The van der Waals surface area contributed by atoms with Crippen LogP contribution < -0.4 is 5.43 Å². The van der Waals surface area contributed by atoms with Gasteiger partial charge in [0.15, 0.2) is 5.75 Å². The average molecular weight is 302 g/mol. The molecule has 0 spiro atoms. The Morgan fingerprint density at radius 1 is 1.23 bits per heavy atom. The van der Waals surface area contributed by atoms with Crippen LogP contribution in [0.2, 0.25) is 0 Å². The molecule has 1 fully saturated rings. The first-order valence-corrected chi connectivity index (χ1v) is 8.04. The van der Waals surface area contributed by atoms with E-state index in [1.54, 1.807) is 12.3 Å². The van der Waals surface area contributed by atoms with Crippen molar-refractivity contribution in [2.24, 2.45) is 0 Å². The van der Waals surface area contributed by atoms with Gasteiger partial charge in [0.1, 0.15) is 0 Å². The summed E-state index contributed by atoms with van der Waals surface area (Å²) in [5, 5.41) is 9.82. The van der Waals surface area contributed by atoms with Crippen molar-refractivity contribution in [2.45, 2.75) is 44.7 Å². The topological polar surface area (TPSA) is 45.5 Å². The first-order chi connectivity index (χ1) is 10.7. The molecule has 0 amide bonds. The van der Waals surface area contributed by atoms with E-state index in [4.69, 9.17) is 0 Å². The quantitative estimate of drug-likeness (QED) is 0.787. The molecule has 0 radical (unpaired) electrons. The van der Waals surface area contributed by atoms with Crippen LogP contribution in [0.25, 0.3) is 0 Å². The summed E-state index contributed by atoms with van der Waals surface area (Å²) in [6.45, 7) is 9.71. The lowest BCUT2D eigenvalue weighted by molar-refractivity contribution is 0.290. The molecule has 1 aromatic rings. The van der Waals surface area contributed by atoms with Crippen molar-refractivity contribution in [3.63, 3.8) is 0 Å². The van der Waals surface area contributed by atoms with Crippen LogP contribution in [0.3, 0.4) is 0 Å². The maximum atomic E-state index is 11.8. The van der Waals surface area contributed by atoms with Crippen LogP contribution in [-0.2, 0) is 6.54 Å². The van der Waals surface area contributed by atoms with Crippen LogP contribution in [0.15, 0.2) is 42.4 Å². The van der Waals surface area contributed by atoms with Gasteiger partial charge in [-0.2, -0.15) is 0 Å². The Kier molecular flexibility index (Phi) is 6.01. The molecule has 1 saturated carbocycles. The second kappa shape index (κ2) is 7.99. The highest BCUT2D eigenvalue weighted by Gasteiger charge is 2.19. The van der Waals surface area contributed by atoms with E-state index in [9.17, 15) is 9.90 Å². The fourth-order valence-corrected chi connectivity index (χ4v) is 3.20. The summed E-state index contributed by atoms with van der Waals surface area (Å²) in [6.07, 6.45) is 11.2. The van der Waals surface area contributed by atoms with Crippen LogP contribution in [0.5, 0.6) is 5.75 Å². The molecule has 1 N–H and O–H groups in total. The zero-order chi connectivity index (χ0) is 15.9. The van der Waals surface area contributed by atoms with Gasteiger partial charge >= 0.3 is 0 Å². The van der Waals surface area contributed by atoms with Crippen molar-refractivity contribution >= 4 is 0 Å². The van der Waals surface area contributed by atoms with E-state index in [2.05, 4.69) is 22.6 Å². The largest absolute Gasteiger partial charge is 0.503 e. The standard InChI is InChI=1S/C18H26N2O2/c1-3-10-19(11-4-2)13-16-12-17(21)18(22)14-20(16)15-8-6-5-7-9-15/h3-4,12,14-15,22H,1-2,5-11,13H2. The van der Waals surface area contributed by atoms with Gasteiger partial charge < -0.3 is 9.67 Å². The van der Waals surface area contributed by atoms with Crippen LogP contribution >= 0.6 is 0 Å². The number of rotatable bonds is 7. The number of hydrogen-bond donors (Lipinski definition) is 1.